The Labute approximate surface area is 208 Å². The van der Waals surface area contributed by atoms with E-state index in [0.29, 0.717) is 23.0 Å². The Hall–Kier alpha value is -2.71. The third kappa shape index (κ3) is 5.00. The average Bonchev–Trinajstić information content (AvgIpc) is 3.19. The molecule has 1 amide bonds. The van der Waals surface area contributed by atoms with Crippen molar-refractivity contribution in [2.75, 3.05) is 50.0 Å². The van der Waals surface area contributed by atoms with Gasteiger partial charge in [-0.2, -0.15) is 0 Å². The molecule has 2 aromatic rings. The van der Waals surface area contributed by atoms with E-state index >= 15 is 0 Å². The fourth-order valence-corrected chi connectivity index (χ4v) is 6.22. The lowest BCUT2D eigenvalue weighted by molar-refractivity contribution is 0.0398. The maximum Gasteiger partial charge on any atom is 0.270 e. The van der Waals surface area contributed by atoms with Gasteiger partial charge < -0.3 is 20.7 Å². The van der Waals surface area contributed by atoms with Crippen molar-refractivity contribution < 1.29 is 9.53 Å². The van der Waals surface area contributed by atoms with Crippen molar-refractivity contribution in [1.82, 2.24) is 20.2 Å². The van der Waals surface area contributed by atoms with Crippen molar-refractivity contribution in [1.29, 1.82) is 0 Å². The molecule has 1 aromatic heterocycles. The van der Waals surface area contributed by atoms with E-state index in [1.807, 2.05) is 24.3 Å². The van der Waals surface area contributed by atoms with Crippen LogP contribution in [0.5, 0.6) is 0 Å². The highest BCUT2D eigenvalue weighted by molar-refractivity contribution is 5.92. The molecule has 1 saturated heterocycles. The lowest BCUT2D eigenvalue weighted by Gasteiger charge is -2.33. The predicted molar refractivity (Wildman–Crippen MR) is 138 cm³/mol. The number of fused-ring (bicyclic) bond motifs is 2. The van der Waals surface area contributed by atoms with Gasteiger partial charge in [0.2, 0.25) is 5.95 Å². The highest BCUT2D eigenvalue weighted by atomic mass is 16.5. The van der Waals surface area contributed by atoms with Crippen molar-refractivity contribution in [2.24, 2.45) is 16.7 Å². The summed E-state index contributed by atoms with van der Waals surface area (Å²) in [6.07, 6.45) is 5.11. The molecule has 3 N–H and O–H groups in total. The quantitative estimate of drug-likeness (QED) is 0.530. The Balaban J connectivity index is 1.14. The van der Waals surface area contributed by atoms with Gasteiger partial charge in [-0.25, -0.2) is 9.97 Å². The number of anilines is 3. The average molecular weight is 479 g/mol. The van der Waals surface area contributed by atoms with E-state index in [1.165, 1.54) is 12.8 Å². The molecule has 8 heteroatoms. The van der Waals surface area contributed by atoms with Gasteiger partial charge in [-0.1, -0.05) is 20.8 Å². The van der Waals surface area contributed by atoms with Crippen LogP contribution in [0, 0.1) is 16.7 Å². The Morgan fingerprint density at radius 1 is 1.11 bits per heavy atom. The Morgan fingerprint density at radius 2 is 1.86 bits per heavy atom. The molecule has 2 saturated carbocycles. The zero-order chi connectivity index (χ0) is 24.5. The van der Waals surface area contributed by atoms with Crippen LogP contribution in [0.4, 0.5) is 17.3 Å². The Bertz CT molecular complexity index is 1030. The van der Waals surface area contributed by atoms with Crippen LogP contribution in [-0.2, 0) is 4.74 Å². The van der Waals surface area contributed by atoms with Gasteiger partial charge in [0.05, 0.1) is 13.2 Å². The minimum Gasteiger partial charge on any atom is -0.384 e. The van der Waals surface area contributed by atoms with Gasteiger partial charge in [0.15, 0.2) is 0 Å². The van der Waals surface area contributed by atoms with Crippen LogP contribution in [0.3, 0.4) is 0 Å². The zero-order valence-corrected chi connectivity index (χ0v) is 21.1. The number of morpholine rings is 1. The second-order valence-electron chi connectivity index (χ2n) is 11.1. The molecule has 188 valence electrons. The summed E-state index contributed by atoms with van der Waals surface area (Å²) in [5.74, 6) is 0.829. The number of hydrogen-bond acceptors (Lipinski definition) is 7. The lowest BCUT2D eigenvalue weighted by Crippen LogP contribution is -2.40. The summed E-state index contributed by atoms with van der Waals surface area (Å²) in [6, 6.07) is 9.95. The highest BCUT2D eigenvalue weighted by Crippen LogP contribution is 2.65. The predicted octanol–water partition coefficient (Wildman–Crippen LogP) is 3.91. The van der Waals surface area contributed by atoms with Crippen molar-refractivity contribution in [3.8, 4) is 0 Å². The van der Waals surface area contributed by atoms with Crippen LogP contribution in [0.25, 0.3) is 0 Å². The molecule has 2 bridgehead atoms. The molecular formula is C27H38N6O2. The molecule has 3 fully saturated rings. The normalized spacial score (nSPS) is 27.5. The number of carbonyl (C=O) groups excluding carboxylic acids is 1. The van der Waals surface area contributed by atoms with Gasteiger partial charge in [-0.15, -0.1) is 0 Å². The number of aromatic nitrogens is 2. The van der Waals surface area contributed by atoms with Crippen LogP contribution in [-0.4, -0.2) is 66.2 Å². The molecule has 2 heterocycles. The first kappa shape index (κ1) is 24.0. The molecule has 0 spiro atoms. The van der Waals surface area contributed by atoms with Crippen LogP contribution >= 0.6 is 0 Å². The second-order valence-corrected chi connectivity index (χ2v) is 11.1. The van der Waals surface area contributed by atoms with Crippen molar-refractivity contribution >= 4 is 23.2 Å². The first-order chi connectivity index (χ1) is 16.8. The number of benzene rings is 1. The molecule has 1 aromatic carbocycles. The van der Waals surface area contributed by atoms with Gasteiger partial charge >= 0.3 is 0 Å². The number of nitrogens with one attached hydrogen (secondary N) is 3. The maximum absolute atomic E-state index is 13.0. The summed E-state index contributed by atoms with van der Waals surface area (Å²) in [5.41, 5.74) is 2.91. The third-order valence-electron chi connectivity index (χ3n) is 8.85. The fraction of sp³-hybridized carbons (Fsp3) is 0.593. The maximum atomic E-state index is 13.0. The third-order valence-corrected chi connectivity index (χ3v) is 8.85. The molecular weight excluding hydrogens is 440 g/mol. The number of hydrogen-bond donors (Lipinski definition) is 3. The van der Waals surface area contributed by atoms with Gasteiger partial charge in [0.1, 0.15) is 5.69 Å². The Kier molecular flexibility index (Phi) is 6.68. The smallest absolute Gasteiger partial charge is 0.270 e. The SMILES string of the molecule is CC12CCC(C(NC(=O)c3ccnc(Nc4ccc(NCCN5CCOCC5)cc4)n3)C1)C2(C)C. The van der Waals surface area contributed by atoms with Gasteiger partial charge in [-0.05, 0) is 66.3 Å². The second kappa shape index (κ2) is 9.74. The van der Waals surface area contributed by atoms with E-state index in [4.69, 9.17) is 4.74 Å². The van der Waals surface area contributed by atoms with Crippen LogP contribution in [0.1, 0.15) is 50.5 Å². The molecule has 5 rings (SSSR count). The summed E-state index contributed by atoms with van der Waals surface area (Å²) in [7, 11) is 0. The van der Waals surface area contributed by atoms with E-state index in [-0.39, 0.29) is 17.4 Å². The van der Waals surface area contributed by atoms with Gasteiger partial charge in [-0.3, -0.25) is 9.69 Å². The van der Waals surface area contributed by atoms with E-state index in [0.717, 1.165) is 57.2 Å². The largest absolute Gasteiger partial charge is 0.384 e. The summed E-state index contributed by atoms with van der Waals surface area (Å²) in [5, 5.41) is 9.96. The summed E-state index contributed by atoms with van der Waals surface area (Å²) >= 11 is 0. The molecule has 35 heavy (non-hydrogen) atoms. The summed E-state index contributed by atoms with van der Waals surface area (Å²) in [4.78, 5) is 24.2. The van der Waals surface area contributed by atoms with E-state index in [9.17, 15) is 4.79 Å². The molecule has 0 radical (unpaired) electrons. The molecule has 2 aliphatic carbocycles. The topological polar surface area (TPSA) is 91.4 Å². The zero-order valence-electron chi connectivity index (χ0n) is 21.1. The molecule has 3 aliphatic rings. The van der Waals surface area contributed by atoms with Crippen LogP contribution < -0.4 is 16.0 Å². The van der Waals surface area contributed by atoms with Crippen molar-refractivity contribution in [3.05, 3.63) is 42.2 Å². The van der Waals surface area contributed by atoms with Crippen molar-refractivity contribution in [3.63, 3.8) is 0 Å². The number of rotatable bonds is 8. The molecule has 3 atom stereocenters. The Morgan fingerprint density at radius 3 is 2.54 bits per heavy atom. The first-order valence-electron chi connectivity index (χ1n) is 12.9. The van der Waals surface area contributed by atoms with Gasteiger partial charge in [0, 0.05) is 49.8 Å². The minimum absolute atomic E-state index is 0.118. The van der Waals surface area contributed by atoms with Crippen molar-refractivity contribution in [2.45, 2.75) is 46.1 Å². The molecule has 1 aliphatic heterocycles. The first-order valence-corrected chi connectivity index (χ1v) is 12.9. The number of ether oxygens (including phenoxy) is 1. The fourth-order valence-electron chi connectivity index (χ4n) is 6.22. The summed E-state index contributed by atoms with van der Waals surface area (Å²) in [6.45, 7) is 12.6. The minimum atomic E-state index is -0.118. The number of nitrogens with zero attached hydrogens (tertiary/aromatic N) is 3. The van der Waals surface area contributed by atoms with Crippen LogP contribution in [0.15, 0.2) is 36.5 Å². The summed E-state index contributed by atoms with van der Waals surface area (Å²) < 4.78 is 5.40. The number of carbonyl (C=O) groups is 1. The van der Waals surface area contributed by atoms with E-state index in [2.05, 4.69) is 51.6 Å². The highest BCUT2D eigenvalue weighted by Gasteiger charge is 2.60. The monoisotopic (exact) mass is 478 g/mol. The van der Waals surface area contributed by atoms with E-state index in [1.54, 1.807) is 12.3 Å². The van der Waals surface area contributed by atoms with E-state index < -0.39 is 0 Å². The lowest BCUT2D eigenvalue weighted by atomic mass is 9.71. The standard InChI is InChI=1S/C27H38N6O2/c1-26(2)21-8-10-27(26,3)18-23(21)31-24(34)22-9-11-29-25(32-22)30-20-6-4-19(5-7-20)28-12-13-33-14-16-35-17-15-33/h4-7,9,11,21,23,28H,8,10,12-18H2,1-3H3,(H,31,34)(H,29,30,32). The molecule has 8 nitrogen and oxygen atoms in total. The molecule has 3 unspecified atom stereocenters. The number of amides is 1. The van der Waals surface area contributed by atoms with Crippen LogP contribution in [0.2, 0.25) is 0 Å². The van der Waals surface area contributed by atoms with Gasteiger partial charge in [0.25, 0.3) is 5.91 Å².